The third kappa shape index (κ3) is 3.25. The van der Waals surface area contributed by atoms with Crippen LogP contribution in [0.1, 0.15) is 19.3 Å². The minimum Gasteiger partial charge on any atom is -0.313 e. The van der Waals surface area contributed by atoms with Crippen molar-refractivity contribution in [1.82, 2.24) is 9.62 Å². The Hall–Kier alpha value is -0.130. The van der Waals surface area contributed by atoms with Gasteiger partial charge in [0.25, 0.3) is 0 Å². The minimum absolute atomic E-state index is 0.154. The lowest BCUT2D eigenvalue weighted by Crippen LogP contribution is -2.42. The maximum atomic E-state index is 11.5. The zero-order valence-corrected chi connectivity index (χ0v) is 9.10. The van der Waals surface area contributed by atoms with Crippen molar-refractivity contribution in [3.05, 3.63) is 0 Å². The first kappa shape index (κ1) is 10.9. The van der Waals surface area contributed by atoms with Crippen LogP contribution in [0, 0.1) is 0 Å². The lowest BCUT2D eigenvalue weighted by molar-refractivity contribution is 0.416. The maximum Gasteiger partial charge on any atom is 0.215 e. The van der Waals surface area contributed by atoms with Crippen LogP contribution in [0.3, 0.4) is 0 Å². The Bertz CT molecular complexity index is 243. The molecule has 0 aromatic rings. The molecule has 0 spiro atoms. The largest absolute Gasteiger partial charge is 0.313 e. The molecule has 1 fully saturated rings. The molecule has 0 amide bonds. The Morgan fingerprint density at radius 2 is 2.08 bits per heavy atom. The standard InChI is InChI=1S/C8H18N2O2S/c1-10(2)13(11,12)7-8-5-3-4-6-9-8/h8-9H,3-7H2,1-2H3. The van der Waals surface area contributed by atoms with E-state index in [1.807, 2.05) is 0 Å². The molecular formula is C8H18N2O2S. The van der Waals surface area contributed by atoms with E-state index in [0.717, 1.165) is 19.4 Å². The first-order valence-corrected chi connectivity index (χ1v) is 6.27. The average molecular weight is 206 g/mol. The zero-order valence-electron chi connectivity index (χ0n) is 8.28. The Morgan fingerprint density at radius 3 is 2.54 bits per heavy atom. The average Bonchev–Trinajstić information content (AvgIpc) is 2.05. The summed E-state index contributed by atoms with van der Waals surface area (Å²) in [6.07, 6.45) is 3.28. The van der Waals surface area contributed by atoms with E-state index in [0.29, 0.717) is 0 Å². The number of rotatable bonds is 3. The second-order valence-corrected chi connectivity index (χ2v) is 5.94. The van der Waals surface area contributed by atoms with Gasteiger partial charge in [-0.1, -0.05) is 6.42 Å². The Balaban J connectivity index is 2.47. The van der Waals surface area contributed by atoms with Crippen LogP contribution in [-0.2, 0) is 10.0 Å². The third-order valence-corrected chi connectivity index (χ3v) is 4.32. The van der Waals surface area contributed by atoms with Crippen molar-refractivity contribution in [2.24, 2.45) is 0 Å². The smallest absolute Gasteiger partial charge is 0.215 e. The van der Waals surface area contributed by atoms with Crippen molar-refractivity contribution in [1.29, 1.82) is 0 Å². The molecule has 1 heterocycles. The Morgan fingerprint density at radius 1 is 1.38 bits per heavy atom. The van der Waals surface area contributed by atoms with Gasteiger partial charge in [-0.25, -0.2) is 12.7 Å². The molecule has 13 heavy (non-hydrogen) atoms. The van der Waals surface area contributed by atoms with Crippen molar-refractivity contribution in [3.8, 4) is 0 Å². The molecule has 0 radical (unpaired) electrons. The molecule has 1 saturated heterocycles. The van der Waals surface area contributed by atoms with Gasteiger partial charge in [0, 0.05) is 20.1 Å². The van der Waals surface area contributed by atoms with Gasteiger partial charge >= 0.3 is 0 Å². The molecule has 1 aliphatic heterocycles. The summed E-state index contributed by atoms with van der Waals surface area (Å²) in [5.74, 6) is 0.236. The number of sulfonamides is 1. The van der Waals surface area contributed by atoms with Crippen LogP contribution in [0.5, 0.6) is 0 Å². The number of hydrogen-bond donors (Lipinski definition) is 1. The zero-order chi connectivity index (χ0) is 9.90. The highest BCUT2D eigenvalue weighted by Gasteiger charge is 2.22. The van der Waals surface area contributed by atoms with Crippen molar-refractivity contribution < 1.29 is 8.42 Å². The van der Waals surface area contributed by atoms with Crippen molar-refractivity contribution >= 4 is 10.0 Å². The first-order chi connectivity index (χ1) is 6.02. The van der Waals surface area contributed by atoms with Gasteiger partial charge in [0.2, 0.25) is 10.0 Å². The fourth-order valence-electron chi connectivity index (χ4n) is 1.47. The van der Waals surface area contributed by atoms with Crippen LogP contribution >= 0.6 is 0 Å². The molecule has 1 atom stereocenters. The molecule has 1 rings (SSSR count). The van der Waals surface area contributed by atoms with Gasteiger partial charge < -0.3 is 5.32 Å². The summed E-state index contributed by atoms with van der Waals surface area (Å²) in [6.45, 7) is 0.952. The summed E-state index contributed by atoms with van der Waals surface area (Å²) in [7, 11) is 0.136. The topological polar surface area (TPSA) is 49.4 Å². The molecule has 1 N–H and O–H groups in total. The van der Waals surface area contributed by atoms with E-state index in [1.165, 1.54) is 10.7 Å². The molecular weight excluding hydrogens is 188 g/mol. The summed E-state index contributed by atoms with van der Waals surface area (Å²) in [6, 6.07) is 0.154. The summed E-state index contributed by atoms with van der Waals surface area (Å²) in [5.41, 5.74) is 0. The van der Waals surface area contributed by atoms with E-state index < -0.39 is 10.0 Å². The molecule has 0 aromatic heterocycles. The number of piperidine rings is 1. The molecule has 0 saturated carbocycles. The lowest BCUT2D eigenvalue weighted by Gasteiger charge is -2.24. The Labute approximate surface area is 80.4 Å². The van der Waals surface area contributed by atoms with E-state index in [-0.39, 0.29) is 11.8 Å². The van der Waals surface area contributed by atoms with Crippen LogP contribution in [0.15, 0.2) is 0 Å². The molecule has 78 valence electrons. The fraction of sp³-hybridized carbons (Fsp3) is 1.00. The second-order valence-electron chi connectivity index (χ2n) is 3.71. The van der Waals surface area contributed by atoms with Gasteiger partial charge in [-0.3, -0.25) is 0 Å². The molecule has 1 unspecified atom stereocenters. The Kier molecular flexibility index (Phi) is 3.70. The van der Waals surface area contributed by atoms with Crippen molar-refractivity contribution in [2.75, 3.05) is 26.4 Å². The van der Waals surface area contributed by atoms with Gasteiger partial charge in [-0.05, 0) is 19.4 Å². The monoisotopic (exact) mass is 206 g/mol. The lowest BCUT2D eigenvalue weighted by atomic mass is 10.1. The SMILES string of the molecule is CN(C)S(=O)(=O)CC1CCCCN1. The van der Waals surface area contributed by atoms with Gasteiger partial charge in [0.05, 0.1) is 5.75 Å². The fourth-order valence-corrected chi connectivity index (χ4v) is 2.56. The highest BCUT2D eigenvalue weighted by atomic mass is 32.2. The molecule has 0 aromatic carbocycles. The highest BCUT2D eigenvalue weighted by Crippen LogP contribution is 2.09. The summed E-state index contributed by atoms with van der Waals surface area (Å²) in [4.78, 5) is 0. The van der Waals surface area contributed by atoms with Gasteiger partial charge in [0.1, 0.15) is 0 Å². The number of nitrogens with zero attached hydrogens (tertiary/aromatic N) is 1. The van der Waals surface area contributed by atoms with Gasteiger partial charge in [-0.2, -0.15) is 0 Å². The van der Waals surface area contributed by atoms with E-state index in [4.69, 9.17) is 0 Å². The van der Waals surface area contributed by atoms with Crippen LogP contribution < -0.4 is 5.32 Å². The van der Waals surface area contributed by atoms with Crippen LogP contribution in [0.25, 0.3) is 0 Å². The third-order valence-electron chi connectivity index (χ3n) is 2.38. The van der Waals surface area contributed by atoms with Gasteiger partial charge in [-0.15, -0.1) is 0 Å². The maximum absolute atomic E-state index is 11.5. The number of hydrogen-bond acceptors (Lipinski definition) is 3. The summed E-state index contributed by atoms with van der Waals surface area (Å²) < 4.78 is 24.3. The summed E-state index contributed by atoms with van der Waals surface area (Å²) >= 11 is 0. The van der Waals surface area contributed by atoms with Crippen LogP contribution in [0.2, 0.25) is 0 Å². The van der Waals surface area contributed by atoms with E-state index >= 15 is 0 Å². The van der Waals surface area contributed by atoms with Crippen LogP contribution in [-0.4, -0.2) is 45.2 Å². The molecule has 4 nitrogen and oxygen atoms in total. The van der Waals surface area contributed by atoms with Crippen molar-refractivity contribution in [3.63, 3.8) is 0 Å². The molecule has 5 heteroatoms. The quantitative estimate of drug-likeness (QED) is 0.708. The van der Waals surface area contributed by atoms with E-state index in [2.05, 4.69) is 5.32 Å². The summed E-state index contributed by atoms with van der Waals surface area (Å²) in [5, 5.41) is 3.22. The molecule has 0 aliphatic carbocycles. The van der Waals surface area contributed by atoms with Gasteiger partial charge in [0.15, 0.2) is 0 Å². The predicted molar refractivity (Wildman–Crippen MR) is 53.1 cm³/mol. The molecule has 0 bridgehead atoms. The number of nitrogens with one attached hydrogen (secondary N) is 1. The van der Waals surface area contributed by atoms with E-state index in [9.17, 15) is 8.42 Å². The highest BCUT2D eigenvalue weighted by molar-refractivity contribution is 7.89. The predicted octanol–water partition coefficient (Wildman–Crippen LogP) is 0.0199. The van der Waals surface area contributed by atoms with Crippen LogP contribution in [0.4, 0.5) is 0 Å². The molecule has 1 aliphatic rings. The minimum atomic E-state index is -3.03. The van der Waals surface area contributed by atoms with Crippen molar-refractivity contribution in [2.45, 2.75) is 25.3 Å². The normalized spacial score (nSPS) is 25.0. The van der Waals surface area contributed by atoms with E-state index in [1.54, 1.807) is 14.1 Å². The first-order valence-electron chi connectivity index (χ1n) is 4.66. The second kappa shape index (κ2) is 4.39.